The number of halogens is 1. The lowest BCUT2D eigenvalue weighted by Gasteiger charge is -2.06. The highest BCUT2D eigenvalue weighted by molar-refractivity contribution is 14.1. The Bertz CT molecular complexity index is 273. The summed E-state index contributed by atoms with van der Waals surface area (Å²) >= 11 is 1.46. The first-order valence-corrected chi connectivity index (χ1v) is 4.66. The maximum Gasteiger partial charge on any atom is 0.344 e. The number of hydrogen-bond acceptors (Lipinski definition) is 3. The molecular formula is C9H9IO3. The van der Waals surface area contributed by atoms with E-state index in [1.165, 1.54) is 23.0 Å². The number of benzene rings is 1. The molecule has 70 valence electrons. The number of carbonyl (C=O) groups excluding carboxylic acids is 1. The Kier molecular flexibility index (Phi) is 4.17. The van der Waals surface area contributed by atoms with Gasteiger partial charge in [-0.05, 0) is 5.56 Å². The first-order valence-electron chi connectivity index (χ1n) is 3.78. The van der Waals surface area contributed by atoms with Gasteiger partial charge in [-0.15, -0.1) is 0 Å². The third kappa shape index (κ3) is 3.31. The van der Waals surface area contributed by atoms with Gasteiger partial charge in [0.05, 0.1) is 0 Å². The third-order valence-electron chi connectivity index (χ3n) is 1.62. The Morgan fingerprint density at radius 3 is 2.62 bits per heavy atom. The zero-order valence-electron chi connectivity index (χ0n) is 6.81. The van der Waals surface area contributed by atoms with Gasteiger partial charge in [0.15, 0.2) is 29.1 Å². The van der Waals surface area contributed by atoms with Crippen LogP contribution in [0.2, 0.25) is 0 Å². The molecule has 1 aromatic rings. The minimum Gasteiger partial charge on any atom is -0.393 e. The van der Waals surface area contributed by atoms with E-state index in [0.29, 0.717) is 6.42 Å². The molecule has 0 aliphatic carbocycles. The summed E-state index contributed by atoms with van der Waals surface area (Å²) < 4.78 is 4.37. The van der Waals surface area contributed by atoms with Gasteiger partial charge in [0.25, 0.3) is 0 Å². The Hall–Kier alpha value is -0.620. The highest BCUT2D eigenvalue weighted by Crippen LogP contribution is 2.05. The largest absolute Gasteiger partial charge is 0.393 e. The lowest BCUT2D eigenvalue weighted by molar-refractivity contribution is -0.140. The maximum atomic E-state index is 10.8. The van der Waals surface area contributed by atoms with Gasteiger partial charge in [-0.3, -0.25) is 0 Å². The molecule has 1 rings (SSSR count). The third-order valence-corrected chi connectivity index (χ3v) is 2.05. The molecule has 0 unspecified atom stereocenters. The SMILES string of the molecule is O=C(OI)[C@H](O)Cc1ccccc1. The number of carbonyl (C=O) groups is 1. The molecule has 1 aromatic carbocycles. The average molecular weight is 292 g/mol. The predicted octanol–water partition coefficient (Wildman–Crippen LogP) is 1.48. The van der Waals surface area contributed by atoms with E-state index in [1.807, 2.05) is 30.3 Å². The van der Waals surface area contributed by atoms with Crippen molar-refractivity contribution in [1.29, 1.82) is 0 Å². The van der Waals surface area contributed by atoms with Gasteiger partial charge in [0.1, 0.15) is 0 Å². The van der Waals surface area contributed by atoms with Crippen LogP contribution in [0.15, 0.2) is 30.3 Å². The molecule has 0 aliphatic rings. The van der Waals surface area contributed by atoms with Gasteiger partial charge in [-0.2, -0.15) is 0 Å². The predicted molar refractivity (Wildman–Crippen MR) is 56.3 cm³/mol. The standard InChI is InChI=1S/C9H9IO3/c10-13-9(12)8(11)6-7-4-2-1-3-5-7/h1-5,8,11H,6H2/t8-/m1/s1. The van der Waals surface area contributed by atoms with Crippen LogP contribution in [0.5, 0.6) is 0 Å². The molecule has 0 fully saturated rings. The van der Waals surface area contributed by atoms with Crippen molar-refractivity contribution in [3.8, 4) is 0 Å². The molecule has 0 spiro atoms. The molecule has 0 radical (unpaired) electrons. The first kappa shape index (κ1) is 10.5. The Labute approximate surface area is 90.4 Å². The second-order valence-electron chi connectivity index (χ2n) is 2.60. The van der Waals surface area contributed by atoms with E-state index < -0.39 is 12.1 Å². The lowest BCUT2D eigenvalue weighted by Crippen LogP contribution is -2.22. The minimum absolute atomic E-state index is 0.294. The second-order valence-corrected chi connectivity index (χ2v) is 3.04. The van der Waals surface area contributed by atoms with E-state index >= 15 is 0 Å². The van der Waals surface area contributed by atoms with Gasteiger partial charge in [0.2, 0.25) is 0 Å². The van der Waals surface area contributed by atoms with E-state index in [2.05, 4.69) is 3.07 Å². The first-order chi connectivity index (χ1) is 6.24. The van der Waals surface area contributed by atoms with E-state index in [9.17, 15) is 9.90 Å². The summed E-state index contributed by atoms with van der Waals surface area (Å²) in [6.07, 6.45) is -0.776. The van der Waals surface area contributed by atoms with Gasteiger partial charge < -0.3 is 8.17 Å². The highest BCUT2D eigenvalue weighted by Gasteiger charge is 2.15. The summed E-state index contributed by atoms with van der Waals surface area (Å²) in [5.74, 6) is -0.607. The van der Waals surface area contributed by atoms with E-state index in [1.54, 1.807) is 0 Å². The zero-order chi connectivity index (χ0) is 9.68. The van der Waals surface area contributed by atoms with Crippen molar-refractivity contribution in [2.24, 2.45) is 0 Å². The number of aliphatic hydroxyl groups excluding tert-OH is 1. The number of hydrogen-bond donors (Lipinski definition) is 1. The molecule has 0 aromatic heterocycles. The summed E-state index contributed by atoms with van der Waals surface area (Å²) in [5, 5.41) is 9.29. The highest BCUT2D eigenvalue weighted by atomic mass is 127. The van der Waals surface area contributed by atoms with E-state index in [4.69, 9.17) is 0 Å². The van der Waals surface area contributed by atoms with Gasteiger partial charge in [-0.1, -0.05) is 30.3 Å². The molecule has 1 N–H and O–H groups in total. The van der Waals surface area contributed by atoms with Crippen molar-refractivity contribution in [2.75, 3.05) is 0 Å². The summed E-state index contributed by atoms with van der Waals surface area (Å²) in [5.41, 5.74) is 0.914. The molecule has 1 atom stereocenters. The van der Waals surface area contributed by atoms with Crippen LogP contribution in [0.25, 0.3) is 0 Å². The molecular weight excluding hydrogens is 283 g/mol. The maximum absolute atomic E-state index is 10.8. The topological polar surface area (TPSA) is 46.5 Å². The van der Waals surface area contributed by atoms with Crippen LogP contribution in [-0.2, 0) is 14.3 Å². The fourth-order valence-electron chi connectivity index (χ4n) is 0.972. The summed E-state index contributed by atoms with van der Waals surface area (Å²) in [4.78, 5) is 10.8. The Morgan fingerprint density at radius 1 is 1.46 bits per heavy atom. The van der Waals surface area contributed by atoms with Gasteiger partial charge in [-0.25, -0.2) is 4.79 Å². The summed E-state index contributed by atoms with van der Waals surface area (Å²) in [6, 6.07) is 9.30. The van der Waals surface area contributed by atoms with E-state index in [0.717, 1.165) is 5.56 Å². The smallest absolute Gasteiger partial charge is 0.344 e. The van der Waals surface area contributed by atoms with Crippen molar-refractivity contribution in [1.82, 2.24) is 0 Å². The van der Waals surface area contributed by atoms with Crippen LogP contribution >= 0.6 is 23.0 Å². The molecule has 0 amide bonds. The Morgan fingerprint density at radius 2 is 2.08 bits per heavy atom. The molecule has 3 nitrogen and oxygen atoms in total. The second kappa shape index (κ2) is 5.18. The molecule has 0 heterocycles. The fourth-order valence-corrected chi connectivity index (χ4v) is 1.27. The van der Waals surface area contributed by atoms with Crippen molar-refractivity contribution in [3.05, 3.63) is 35.9 Å². The van der Waals surface area contributed by atoms with E-state index in [-0.39, 0.29) is 0 Å². The lowest BCUT2D eigenvalue weighted by atomic mass is 10.1. The Balaban J connectivity index is 2.55. The van der Waals surface area contributed by atoms with Gasteiger partial charge in [0, 0.05) is 6.42 Å². The molecule has 0 saturated carbocycles. The van der Waals surface area contributed by atoms with Crippen molar-refractivity contribution in [2.45, 2.75) is 12.5 Å². The van der Waals surface area contributed by atoms with Crippen LogP contribution in [0, 0.1) is 0 Å². The molecule has 0 bridgehead atoms. The number of aliphatic hydroxyl groups is 1. The fraction of sp³-hybridized carbons (Fsp3) is 0.222. The van der Waals surface area contributed by atoms with Crippen molar-refractivity contribution >= 4 is 29.0 Å². The van der Waals surface area contributed by atoms with Crippen LogP contribution in [-0.4, -0.2) is 17.2 Å². The van der Waals surface area contributed by atoms with Gasteiger partial charge >= 0.3 is 5.97 Å². The molecule has 13 heavy (non-hydrogen) atoms. The quantitative estimate of drug-likeness (QED) is 0.858. The normalized spacial score (nSPS) is 12.2. The van der Waals surface area contributed by atoms with Crippen LogP contribution < -0.4 is 0 Å². The molecule has 0 saturated heterocycles. The molecule has 4 heteroatoms. The molecule has 0 aliphatic heterocycles. The minimum atomic E-state index is -1.07. The van der Waals surface area contributed by atoms with Crippen LogP contribution in [0.1, 0.15) is 5.56 Å². The summed E-state index contributed by atoms with van der Waals surface area (Å²) in [7, 11) is 0. The van der Waals surface area contributed by atoms with Crippen LogP contribution in [0.3, 0.4) is 0 Å². The summed E-state index contributed by atoms with van der Waals surface area (Å²) in [6.45, 7) is 0. The van der Waals surface area contributed by atoms with Crippen molar-refractivity contribution < 1.29 is 13.0 Å². The monoisotopic (exact) mass is 292 g/mol. The van der Waals surface area contributed by atoms with Crippen LogP contribution in [0.4, 0.5) is 0 Å². The van der Waals surface area contributed by atoms with Crippen molar-refractivity contribution in [3.63, 3.8) is 0 Å². The number of rotatable bonds is 3. The zero-order valence-corrected chi connectivity index (χ0v) is 8.97. The average Bonchev–Trinajstić information content (AvgIpc) is 2.18.